The molecular weight excluding hydrogens is 266 g/mol. The summed E-state index contributed by atoms with van der Waals surface area (Å²) in [7, 11) is 1.97. The lowest BCUT2D eigenvalue weighted by Gasteiger charge is -2.13. The Hall–Kier alpha value is -0.350. The van der Waals surface area contributed by atoms with Gasteiger partial charge in [0.2, 0.25) is 0 Å². The number of nitrogens with two attached hydrogens (primary N) is 1. The molecule has 1 unspecified atom stereocenters. The Morgan fingerprint density at radius 3 is 2.44 bits per heavy atom. The van der Waals surface area contributed by atoms with Crippen LogP contribution in [0.15, 0.2) is 4.47 Å². The molecule has 92 valence electrons. The van der Waals surface area contributed by atoms with E-state index in [0.717, 1.165) is 28.9 Å². The van der Waals surface area contributed by atoms with Crippen molar-refractivity contribution in [2.75, 3.05) is 0 Å². The van der Waals surface area contributed by atoms with E-state index < -0.39 is 0 Å². The minimum Gasteiger partial charge on any atom is -0.327 e. The number of hydrogen-bond acceptors (Lipinski definition) is 2. The van der Waals surface area contributed by atoms with Crippen LogP contribution in [-0.4, -0.2) is 15.8 Å². The normalized spacial score (nSPS) is 13.4. The van der Waals surface area contributed by atoms with Gasteiger partial charge in [0.15, 0.2) is 0 Å². The first-order chi connectivity index (χ1) is 7.41. The molecule has 2 N–H and O–H groups in total. The fraction of sp³-hybridized carbons (Fsp3) is 0.750. The van der Waals surface area contributed by atoms with E-state index in [9.17, 15) is 0 Å². The molecule has 0 aliphatic heterocycles. The standard InChI is InChI=1S/C12H22BrN3/c1-8(2)5-6-10(14)7-11-12(13)9(3)15-16(11)4/h8,10H,5-7,14H2,1-4H3. The fourth-order valence-electron chi connectivity index (χ4n) is 1.80. The quantitative estimate of drug-likeness (QED) is 0.905. The summed E-state index contributed by atoms with van der Waals surface area (Å²) in [5.74, 6) is 0.725. The summed E-state index contributed by atoms with van der Waals surface area (Å²) in [6.07, 6.45) is 3.16. The van der Waals surface area contributed by atoms with E-state index in [1.54, 1.807) is 0 Å². The molecule has 1 atom stereocenters. The van der Waals surface area contributed by atoms with Gasteiger partial charge in [0.05, 0.1) is 15.9 Å². The van der Waals surface area contributed by atoms with Gasteiger partial charge in [0.25, 0.3) is 0 Å². The van der Waals surface area contributed by atoms with Crippen LogP contribution in [0.4, 0.5) is 0 Å². The summed E-state index contributed by atoms with van der Waals surface area (Å²) in [6.45, 7) is 6.47. The predicted octanol–water partition coefficient (Wildman–Crippen LogP) is 2.80. The number of nitrogens with zero attached hydrogens (tertiary/aromatic N) is 2. The zero-order valence-electron chi connectivity index (χ0n) is 10.6. The van der Waals surface area contributed by atoms with Crippen LogP contribution in [0.5, 0.6) is 0 Å². The van der Waals surface area contributed by atoms with E-state index in [1.165, 1.54) is 12.1 Å². The Kier molecular flexibility index (Phi) is 4.99. The fourth-order valence-corrected chi connectivity index (χ4v) is 2.30. The number of hydrogen-bond donors (Lipinski definition) is 1. The smallest absolute Gasteiger partial charge is 0.0738 e. The van der Waals surface area contributed by atoms with Crippen molar-refractivity contribution in [3.8, 4) is 0 Å². The number of aromatic nitrogens is 2. The van der Waals surface area contributed by atoms with Crippen molar-refractivity contribution in [3.63, 3.8) is 0 Å². The average Bonchev–Trinajstić information content (AvgIpc) is 2.42. The summed E-state index contributed by atoms with van der Waals surface area (Å²) < 4.78 is 3.03. The van der Waals surface area contributed by atoms with Crippen LogP contribution in [0.2, 0.25) is 0 Å². The number of aryl methyl sites for hydroxylation is 2. The van der Waals surface area contributed by atoms with Crippen molar-refractivity contribution in [2.24, 2.45) is 18.7 Å². The molecule has 0 spiro atoms. The lowest BCUT2D eigenvalue weighted by molar-refractivity contribution is 0.486. The van der Waals surface area contributed by atoms with Crippen LogP contribution < -0.4 is 5.73 Å². The Balaban J connectivity index is 2.59. The van der Waals surface area contributed by atoms with Gasteiger partial charge in [-0.05, 0) is 41.6 Å². The Morgan fingerprint density at radius 2 is 2.00 bits per heavy atom. The summed E-state index contributed by atoms with van der Waals surface area (Å²) in [5.41, 5.74) is 8.38. The molecule has 0 fully saturated rings. The Labute approximate surface area is 107 Å². The van der Waals surface area contributed by atoms with Crippen LogP contribution in [0.1, 0.15) is 38.1 Å². The molecule has 0 amide bonds. The van der Waals surface area contributed by atoms with Crippen LogP contribution in [0.3, 0.4) is 0 Å². The topological polar surface area (TPSA) is 43.8 Å². The van der Waals surface area contributed by atoms with Gasteiger partial charge in [-0.1, -0.05) is 13.8 Å². The maximum atomic E-state index is 6.14. The molecule has 1 heterocycles. The van der Waals surface area contributed by atoms with Crippen molar-refractivity contribution >= 4 is 15.9 Å². The number of halogens is 1. The van der Waals surface area contributed by atoms with Gasteiger partial charge >= 0.3 is 0 Å². The van der Waals surface area contributed by atoms with Gasteiger partial charge in [-0.2, -0.15) is 5.10 Å². The van der Waals surface area contributed by atoms with E-state index in [2.05, 4.69) is 34.9 Å². The molecule has 1 aromatic heterocycles. The highest BCUT2D eigenvalue weighted by Crippen LogP contribution is 2.22. The molecule has 0 radical (unpaired) electrons. The lowest BCUT2D eigenvalue weighted by Crippen LogP contribution is -2.24. The summed E-state index contributed by atoms with van der Waals surface area (Å²) in [5, 5.41) is 4.37. The van der Waals surface area contributed by atoms with E-state index in [0.29, 0.717) is 0 Å². The van der Waals surface area contributed by atoms with E-state index in [-0.39, 0.29) is 6.04 Å². The SMILES string of the molecule is Cc1nn(C)c(CC(N)CCC(C)C)c1Br. The summed E-state index contributed by atoms with van der Waals surface area (Å²) in [4.78, 5) is 0. The van der Waals surface area contributed by atoms with Crippen LogP contribution in [-0.2, 0) is 13.5 Å². The third kappa shape index (κ3) is 3.59. The molecule has 1 rings (SSSR count). The van der Waals surface area contributed by atoms with Gasteiger partial charge in [-0.25, -0.2) is 0 Å². The summed E-state index contributed by atoms with van der Waals surface area (Å²) in [6, 6.07) is 0.230. The molecule has 1 aromatic rings. The van der Waals surface area contributed by atoms with Gasteiger partial charge in [0.1, 0.15) is 0 Å². The van der Waals surface area contributed by atoms with Gasteiger partial charge < -0.3 is 5.73 Å². The molecule has 0 saturated carbocycles. The first-order valence-electron chi connectivity index (χ1n) is 5.85. The second-order valence-electron chi connectivity index (χ2n) is 4.91. The van der Waals surface area contributed by atoms with E-state index >= 15 is 0 Å². The first-order valence-corrected chi connectivity index (χ1v) is 6.64. The van der Waals surface area contributed by atoms with Crippen molar-refractivity contribution in [1.29, 1.82) is 0 Å². The zero-order valence-corrected chi connectivity index (χ0v) is 12.2. The minimum atomic E-state index is 0.230. The van der Waals surface area contributed by atoms with Crippen LogP contribution >= 0.6 is 15.9 Å². The third-order valence-corrected chi connectivity index (χ3v) is 3.86. The highest BCUT2D eigenvalue weighted by atomic mass is 79.9. The van der Waals surface area contributed by atoms with Gasteiger partial charge in [0, 0.05) is 19.5 Å². The van der Waals surface area contributed by atoms with Crippen molar-refractivity contribution in [3.05, 3.63) is 15.9 Å². The predicted molar refractivity (Wildman–Crippen MR) is 71.4 cm³/mol. The maximum absolute atomic E-state index is 6.14. The number of rotatable bonds is 5. The van der Waals surface area contributed by atoms with Crippen molar-refractivity contribution in [1.82, 2.24) is 9.78 Å². The first kappa shape index (κ1) is 13.7. The molecule has 4 heteroatoms. The monoisotopic (exact) mass is 287 g/mol. The largest absolute Gasteiger partial charge is 0.327 e. The molecular formula is C12H22BrN3. The minimum absolute atomic E-state index is 0.230. The Bertz CT molecular complexity index is 344. The molecule has 16 heavy (non-hydrogen) atoms. The van der Waals surface area contributed by atoms with Crippen molar-refractivity contribution in [2.45, 2.75) is 46.1 Å². The molecule has 0 bridgehead atoms. The summed E-state index contributed by atoms with van der Waals surface area (Å²) >= 11 is 3.57. The van der Waals surface area contributed by atoms with E-state index in [4.69, 9.17) is 5.73 Å². The Morgan fingerprint density at radius 1 is 1.38 bits per heavy atom. The molecule has 3 nitrogen and oxygen atoms in total. The zero-order chi connectivity index (χ0) is 12.3. The maximum Gasteiger partial charge on any atom is 0.0738 e. The molecule has 0 aliphatic rings. The van der Waals surface area contributed by atoms with E-state index in [1.807, 2.05) is 18.7 Å². The lowest BCUT2D eigenvalue weighted by atomic mass is 10.0. The van der Waals surface area contributed by atoms with Gasteiger partial charge in [-0.15, -0.1) is 0 Å². The second-order valence-corrected chi connectivity index (χ2v) is 5.70. The second kappa shape index (κ2) is 5.82. The third-order valence-electron chi connectivity index (χ3n) is 2.83. The van der Waals surface area contributed by atoms with Crippen LogP contribution in [0, 0.1) is 12.8 Å². The highest BCUT2D eigenvalue weighted by Gasteiger charge is 2.14. The van der Waals surface area contributed by atoms with Gasteiger partial charge in [-0.3, -0.25) is 4.68 Å². The average molecular weight is 288 g/mol. The molecule has 0 saturated heterocycles. The highest BCUT2D eigenvalue weighted by molar-refractivity contribution is 9.10. The van der Waals surface area contributed by atoms with Crippen LogP contribution in [0.25, 0.3) is 0 Å². The molecule has 0 aromatic carbocycles. The van der Waals surface area contributed by atoms with Crippen molar-refractivity contribution < 1.29 is 0 Å². The molecule has 0 aliphatic carbocycles.